The molecule has 0 saturated heterocycles. The van der Waals surface area contributed by atoms with Crippen molar-refractivity contribution in [3.8, 4) is 11.5 Å². The van der Waals surface area contributed by atoms with Crippen LogP contribution in [0.3, 0.4) is 0 Å². The molecule has 7 heteroatoms. The van der Waals surface area contributed by atoms with Crippen molar-refractivity contribution >= 4 is 29.2 Å². The number of benzene rings is 2. The van der Waals surface area contributed by atoms with Crippen LogP contribution in [0.2, 0.25) is 5.02 Å². The van der Waals surface area contributed by atoms with E-state index in [-0.39, 0.29) is 5.69 Å². The number of esters is 1. The summed E-state index contributed by atoms with van der Waals surface area (Å²) in [6.07, 6.45) is -1.03. The van der Waals surface area contributed by atoms with Crippen molar-refractivity contribution < 1.29 is 18.7 Å². The van der Waals surface area contributed by atoms with E-state index >= 15 is 0 Å². The molecule has 28 heavy (non-hydrogen) atoms. The van der Waals surface area contributed by atoms with Gasteiger partial charge >= 0.3 is 5.97 Å². The third-order valence-electron chi connectivity index (χ3n) is 4.12. The fourth-order valence-corrected chi connectivity index (χ4v) is 2.70. The number of hydrogen-bond acceptors (Lipinski definition) is 5. The molecule has 1 amide bonds. The number of oxazole rings is 1. The van der Waals surface area contributed by atoms with Crippen LogP contribution in [0.1, 0.15) is 28.7 Å². The van der Waals surface area contributed by atoms with Crippen molar-refractivity contribution in [3.63, 3.8) is 0 Å². The van der Waals surface area contributed by atoms with Gasteiger partial charge in [0.15, 0.2) is 11.8 Å². The second kappa shape index (κ2) is 8.27. The quantitative estimate of drug-likeness (QED) is 0.624. The molecule has 0 fully saturated rings. The lowest BCUT2D eigenvalue weighted by Gasteiger charge is -2.14. The molecule has 0 spiro atoms. The SMILES string of the molecule is Cc1ccc(Cl)cc1NC(=O)[C@H](C)OC(=O)c1nc(-c2ccccc2)oc1C. The summed E-state index contributed by atoms with van der Waals surface area (Å²) < 4.78 is 10.8. The van der Waals surface area contributed by atoms with Gasteiger partial charge in [-0.25, -0.2) is 9.78 Å². The van der Waals surface area contributed by atoms with Gasteiger partial charge in [-0.2, -0.15) is 0 Å². The molecule has 0 saturated carbocycles. The van der Waals surface area contributed by atoms with Gasteiger partial charge in [0.05, 0.1) is 0 Å². The van der Waals surface area contributed by atoms with Gasteiger partial charge < -0.3 is 14.5 Å². The molecule has 144 valence electrons. The van der Waals surface area contributed by atoms with Crippen LogP contribution < -0.4 is 5.32 Å². The Hall–Kier alpha value is -3.12. The monoisotopic (exact) mass is 398 g/mol. The maximum atomic E-state index is 12.5. The Kier molecular flexibility index (Phi) is 5.80. The van der Waals surface area contributed by atoms with Crippen LogP contribution >= 0.6 is 11.6 Å². The molecule has 0 aliphatic rings. The molecule has 0 aliphatic carbocycles. The highest BCUT2D eigenvalue weighted by atomic mass is 35.5. The summed E-state index contributed by atoms with van der Waals surface area (Å²) in [6.45, 7) is 4.95. The normalized spacial score (nSPS) is 11.7. The number of aryl methyl sites for hydroxylation is 2. The molecular formula is C21H19ClN2O4. The Labute approximate surface area is 167 Å². The Bertz CT molecular complexity index is 1010. The molecule has 0 bridgehead atoms. The summed E-state index contributed by atoms with van der Waals surface area (Å²) >= 11 is 5.96. The molecule has 1 N–H and O–H groups in total. The first-order valence-corrected chi connectivity index (χ1v) is 9.04. The van der Waals surface area contributed by atoms with Crippen molar-refractivity contribution in [2.75, 3.05) is 5.32 Å². The molecule has 1 atom stereocenters. The average molecular weight is 399 g/mol. The minimum Gasteiger partial charge on any atom is -0.448 e. The zero-order chi connectivity index (χ0) is 20.3. The van der Waals surface area contributed by atoms with Gasteiger partial charge in [-0.05, 0) is 50.6 Å². The van der Waals surface area contributed by atoms with E-state index < -0.39 is 18.0 Å². The highest BCUT2D eigenvalue weighted by molar-refractivity contribution is 6.31. The third-order valence-corrected chi connectivity index (χ3v) is 4.36. The molecule has 3 rings (SSSR count). The van der Waals surface area contributed by atoms with Crippen molar-refractivity contribution in [2.24, 2.45) is 0 Å². The van der Waals surface area contributed by atoms with Crippen LogP contribution in [0, 0.1) is 13.8 Å². The van der Waals surface area contributed by atoms with E-state index in [1.807, 2.05) is 37.3 Å². The third kappa shape index (κ3) is 4.40. The first kappa shape index (κ1) is 19.6. The number of hydrogen-bond donors (Lipinski definition) is 1. The Morgan fingerprint density at radius 1 is 1.14 bits per heavy atom. The van der Waals surface area contributed by atoms with Gasteiger partial charge in [0.2, 0.25) is 5.89 Å². The number of carbonyl (C=O) groups excluding carboxylic acids is 2. The number of nitrogens with zero attached hydrogens (tertiary/aromatic N) is 1. The Balaban J connectivity index is 1.69. The molecule has 2 aromatic carbocycles. The first-order chi connectivity index (χ1) is 13.3. The second-order valence-corrected chi connectivity index (χ2v) is 6.72. The zero-order valence-electron chi connectivity index (χ0n) is 15.7. The maximum Gasteiger partial charge on any atom is 0.361 e. The first-order valence-electron chi connectivity index (χ1n) is 8.66. The predicted octanol–water partition coefficient (Wildman–Crippen LogP) is 4.80. The number of amides is 1. The average Bonchev–Trinajstić information content (AvgIpc) is 3.07. The molecule has 1 heterocycles. The predicted molar refractivity (Wildman–Crippen MR) is 106 cm³/mol. The number of rotatable bonds is 5. The summed E-state index contributed by atoms with van der Waals surface area (Å²) in [4.78, 5) is 29.0. The standard InChI is InChI=1S/C21H19ClN2O4/c1-12-9-10-16(22)11-17(12)23-19(25)14(3)28-21(26)18-13(2)27-20(24-18)15-7-5-4-6-8-15/h4-11,14H,1-3H3,(H,23,25)/t14-/m0/s1. The largest absolute Gasteiger partial charge is 0.448 e. The number of anilines is 1. The number of carbonyl (C=O) groups is 2. The molecule has 3 aromatic rings. The number of nitrogens with one attached hydrogen (secondary N) is 1. The van der Waals surface area contributed by atoms with Crippen LogP contribution in [0.15, 0.2) is 52.9 Å². The van der Waals surface area contributed by atoms with Crippen molar-refractivity contribution in [1.29, 1.82) is 0 Å². The fourth-order valence-electron chi connectivity index (χ4n) is 2.52. The zero-order valence-corrected chi connectivity index (χ0v) is 16.4. The molecular weight excluding hydrogens is 380 g/mol. The smallest absolute Gasteiger partial charge is 0.361 e. The summed E-state index contributed by atoms with van der Waals surface area (Å²) in [6, 6.07) is 14.4. The van der Waals surface area contributed by atoms with E-state index in [1.54, 1.807) is 25.1 Å². The van der Waals surface area contributed by atoms with Gasteiger partial charge in [0.25, 0.3) is 5.91 Å². The van der Waals surface area contributed by atoms with Crippen LogP contribution in [-0.2, 0) is 9.53 Å². The van der Waals surface area contributed by atoms with Crippen LogP contribution in [0.4, 0.5) is 5.69 Å². The minimum absolute atomic E-state index is 0.0393. The number of aromatic nitrogens is 1. The molecule has 0 aliphatic heterocycles. The molecule has 0 unspecified atom stereocenters. The van der Waals surface area contributed by atoms with Crippen molar-refractivity contribution in [2.45, 2.75) is 26.9 Å². The number of halogens is 1. The maximum absolute atomic E-state index is 12.5. The van der Waals surface area contributed by atoms with Gasteiger partial charge in [0, 0.05) is 16.3 Å². The van der Waals surface area contributed by atoms with Crippen LogP contribution in [-0.4, -0.2) is 23.0 Å². The lowest BCUT2D eigenvalue weighted by atomic mass is 10.2. The van der Waals surface area contributed by atoms with E-state index in [1.165, 1.54) is 6.92 Å². The molecule has 1 aromatic heterocycles. The Morgan fingerprint density at radius 2 is 1.86 bits per heavy atom. The van der Waals surface area contributed by atoms with E-state index in [9.17, 15) is 9.59 Å². The molecule has 0 radical (unpaired) electrons. The van der Waals surface area contributed by atoms with Gasteiger partial charge in [-0.3, -0.25) is 4.79 Å². The van der Waals surface area contributed by atoms with Crippen LogP contribution in [0.25, 0.3) is 11.5 Å². The van der Waals surface area contributed by atoms with Gasteiger partial charge in [-0.15, -0.1) is 0 Å². The second-order valence-electron chi connectivity index (χ2n) is 6.29. The lowest BCUT2D eigenvalue weighted by Crippen LogP contribution is -2.30. The van der Waals surface area contributed by atoms with Crippen molar-refractivity contribution in [1.82, 2.24) is 4.98 Å². The number of ether oxygens (including phenoxy) is 1. The van der Waals surface area contributed by atoms with Crippen molar-refractivity contribution in [3.05, 3.63) is 70.6 Å². The van der Waals surface area contributed by atoms with E-state index in [0.717, 1.165) is 11.1 Å². The lowest BCUT2D eigenvalue weighted by molar-refractivity contribution is -0.123. The highest BCUT2D eigenvalue weighted by Crippen LogP contribution is 2.23. The summed E-state index contributed by atoms with van der Waals surface area (Å²) in [5, 5.41) is 3.21. The van der Waals surface area contributed by atoms with Gasteiger partial charge in [0.1, 0.15) is 5.76 Å². The van der Waals surface area contributed by atoms with E-state index in [2.05, 4.69) is 10.3 Å². The van der Waals surface area contributed by atoms with Crippen LogP contribution in [0.5, 0.6) is 0 Å². The van der Waals surface area contributed by atoms with Gasteiger partial charge in [-0.1, -0.05) is 35.9 Å². The minimum atomic E-state index is -1.03. The summed E-state index contributed by atoms with van der Waals surface area (Å²) in [7, 11) is 0. The molecule has 6 nitrogen and oxygen atoms in total. The van der Waals surface area contributed by atoms with E-state index in [0.29, 0.717) is 22.4 Å². The summed E-state index contributed by atoms with van der Waals surface area (Å²) in [5.41, 5.74) is 2.19. The fraction of sp³-hybridized carbons (Fsp3) is 0.190. The Morgan fingerprint density at radius 3 is 2.57 bits per heavy atom. The van der Waals surface area contributed by atoms with E-state index in [4.69, 9.17) is 20.8 Å². The highest BCUT2D eigenvalue weighted by Gasteiger charge is 2.24. The topological polar surface area (TPSA) is 81.4 Å². The summed E-state index contributed by atoms with van der Waals surface area (Å²) in [5.74, 6) is -0.559.